The number of hydrogen-bond donors (Lipinski definition) is 1. The van der Waals surface area contributed by atoms with Gasteiger partial charge in [-0.2, -0.15) is 13.2 Å². The van der Waals surface area contributed by atoms with Crippen molar-refractivity contribution in [1.29, 1.82) is 0 Å². The second-order valence-electron chi connectivity index (χ2n) is 10.6. The predicted molar refractivity (Wildman–Crippen MR) is 122 cm³/mol. The summed E-state index contributed by atoms with van der Waals surface area (Å²) in [4.78, 5) is 15.4. The van der Waals surface area contributed by atoms with Gasteiger partial charge in [0.2, 0.25) is 5.91 Å². The van der Waals surface area contributed by atoms with Crippen LogP contribution in [0.15, 0.2) is 24.3 Å². The van der Waals surface area contributed by atoms with Crippen molar-refractivity contribution in [3.8, 4) is 5.75 Å². The van der Waals surface area contributed by atoms with Crippen molar-refractivity contribution in [2.75, 3.05) is 13.1 Å². The van der Waals surface area contributed by atoms with Gasteiger partial charge in [-0.3, -0.25) is 4.79 Å². The quantitative estimate of drug-likeness (QED) is 0.601. The molecule has 2 saturated carbocycles. The molecule has 3 aliphatic rings. The lowest BCUT2D eigenvalue weighted by Gasteiger charge is -2.46. The first-order valence-electron chi connectivity index (χ1n) is 12.5. The van der Waals surface area contributed by atoms with Gasteiger partial charge in [-0.25, -0.2) is 0 Å². The maximum absolute atomic E-state index is 13.0. The number of benzene rings is 1. The van der Waals surface area contributed by atoms with E-state index in [2.05, 4.69) is 31.0 Å². The third-order valence-corrected chi connectivity index (χ3v) is 8.17. The van der Waals surface area contributed by atoms with Crippen molar-refractivity contribution in [3.05, 3.63) is 29.8 Å². The van der Waals surface area contributed by atoms with Gasteiger partial charge in [-0.05, 0) is 95.4 Å². The highest BCUT2D eigenvalue weighted by Crippen LogP contribution is 2.44. The number of fused-ring (bicyclic) bond motifs is 1. The molecule has 1 amide bonds. The molecule has 0 radical (unpaired) electrons. The van der Waals surface area contributed by atoms with Crippen molar-refractivity contribution in [2.24, 2.45) is 23.7 Å². The lowest BCUT2D eigenvalue weighted by molar-refractivity contribution is -0.137. The summed E-state index contributed by atoms with van der Waals surface area (Å²) in [6.45, 7) is 8.64. The largest absolute Gasteiger partial charge is 0.490 e. The second kappa shape index (κ2) is 9.85. The second-order valence-corrected chi connectivity index (χ2v) is 10.6. The SMILES string of the molecule is CC(NC(=O)C1CCC2C(CCCC2Oc2ccc(C(F)(F)F)cc2)C1)C1CN(C(C)C)C1. The third kappa shape index (κ3) is 5.67. The topological polar surface area (TPSA) is 41.6 Å². The highest BCUT2D eigenvalue weighted by molar-refractivity contribution is 5.79. The number of carbonyl (C=O) groups is 1. The van der Waals surface area contributed by atoms with Gasteiger partial charge in [0.1, 0.15) is 11.9 Å². The molecule has 0 bridgehead atoms. The summed E-state index contributed by atoms with van der Waals surface area (Å²) in [6.07, 6.45) is 1.41. The summed E-state index contributed by atoms with van der Waals surface area (Å²) in [6, 6.07) is 5.78. The van der Waals surface area contributed by atoms with Crippen molar-refractivity contribution in [1.82, 2.24) is 10.2 Å². The number of amides is 1. The average molecular weight is 467 g/mol. The van der Waals surface area contributed by atoms with E-state index in [9.17, 15) is 18.0 Å². The van der Waals surface area contributed by atoms with Crippen molar-refractivity contribution in [3.63, 3.8) is 0 Å². The lowest BCUT2D eigenvalue weighted by Crippen LogP contribution is -2.58. The highest BCUT2D eigenvalue weighted by Gasteiger charge is 2.42. The molecule has 3 fully saturated rings. The smallest absolute Gasteiger partial charge is 0.416 e. The molecule has 1 heterocycles. The number of likely N-dealkylation sites (tertiary alicyclic amines) is 1. The summed E-state index contributed by atoms with van der Waals surface area (Å²) in [5.41, 5.74) is -0.657. The lowest BCUT2D eigenvalue weighted by atomic mass is 9.66. The number of alkyl halides is 3. The Hall–Kier alpha value is -1.76. The number of hydrogen-bond acceptors (Lipinski definition) is 3. The van der Waals surface area contributed by atoms with Crippen LogP contribution < -0.4 is 10.1 Å². The van der Waals surface area contributed by atoms with E-state index in [1.165, 1.54) is 12.1 Å². The van der Waals surface area contributed by atoms with E-state index in [0.29, 0.717) is 29.5 Å². The Kier molecular flexibility index (Phi) is 7.27. The minimum atomic E-state index is -4.34. The van der Waals surface area contributed by atoms with Gasteiger partial charge in [0.05, 0.1) is 5.56 Å². The number of nitrogens with zero attached hydrogens (tertiary/aromatic N) is 1. The van der Waals surface area contributed by atoms with E-state index in [0.717, 1.165) is 63.7 Å². The summed E-state index contributed by atoms with van der Waals surface area (Å²) in [5, 5.41) is 3.29. The standard InChI is InChI=1S/C26H37F3N2O2/c1-16(2)31-14-20(15-31)17(3)30-25(32)19-7-12-23-18(13-19)5-4-6-24(23)33-22-10-8-21(9-11-22)26(27,28)29/h8-11,16-20,23-24H,4-7,12-15H2,1-3H3,(H,30,32). The number of halogens is 3. The van der Waals surface area contributed by atoms with Crippen LogP contribution in [-0.2, 0) is 11.0 Å². The van der Waals surface area contributed by atoms with E-state index >= 15 is 0 Å². The Morgan fingerprint density at radius 2 is 1.76 bits per heavy atom. The minimum Gasteiger partial charge on any atom is -0.490 e. The van der Waals surface area contributed by atoms with Gasteiger partial charge >= 0.3 is 6.18 Å². The number of rotatable bonds is 6. The molecule has 0 spiro atoms. The molecule has 33 heavy (non-hydrogen) atoms. The Morgan fingerprint density at radius 3 is 2.39 bits per heavy atom. The van der Waals surface area contributed by atoms with E-state index < -0.39 is 11.7 Å². The normalized spacial score (nSPS) is 29.8. The Labute approximate surface area is 195 Å². The summed E-state index contributed by atoms with van der Waals surface area (Å²) in [7, 11) is 0. The molecular formula is C26H37F3N2O2. The highest BCUT2D eigenvalue weighted by atomic mass is 19.4. The van der Waals surface area contributed by atoms with Gasteiger partial charge in [-0.1, -0.05) is 0 Å². The van der Waals surface area contributed by atoms with Gasteiger partial charge < -0.3 is 15.0 Å². The van der Waals surface area contributed by atoms with Crippen LogP contribution in [0, 0.1) is 23.7 Å². The monoisotopic (exact) mass is 466 g/mol. The van der Waals surface area contributed by atoms with E-state index in [1.54, 1.807) is 0 Å². The summed E-state index contributed by atoms with van der Waals surface area (Å²) in [5.74, 6) is 2.09. The fourth-order valence-electron chi connectivity index (χ4n) is 5.93. The van der Waals surface area contributed by atoms with E-state index in [1.807, 2.05) is 0 Å². The van der Waals surface area contributed by atoms with Crippen molar-refractivity contribution >= 4 is 5.91 Å². The molecule has 5 unspecified atom stereocenters. The van der Waals surface area contributed by atoms with Crippen LogP contribution in [0.2, 0.25) is 0 Å². The molecule has 1 aliphatic heterocycles. The first-order valence-corrected chi connectivity index (χ1v) is 12.5. The molecular weight excluding hydrogens is 429 g/mol. The molecule has 184 valence electrons. The molecule has 1 saturated heterocycles. The van der Waals surface area contributed by atoms with Crippen LogP contribution in [0.4, 0.5) is 13.2 Å². The number of carbonyl (C=O) groups excluding carboxylic acids is 1. The maximum Gasteiger partial charge on any atom is 0.416 e. The van der Waals surface area contributed by atoms with E-state index in [-0.39, 0.29) is 24.0 Å². The van der Waals surface area contributed by atoms with Crippen LogP contribution in [0.1, 0.15) is 64.9 Å². The summed E-state index contributed by atoms with van der Waals surface area (Å²) >= 11 is 0. The minimum absolute atomic E-state index is 0.0143. The van der Waals surface area contributed by atoms with Crippen LogP contribution in [0.25, 0.3) is 0 Å². The van der Waals surface area contributed by atoms with Crippen LogP contribution in [0.5, 0.6) is 5.75 Å². The molecule has 4 nitrogen and oxygen atoms in total. The van der Waals surface area contributed by atoms with Crippen molar-refractivity contribution in [2.45, 2.75) is 83.7 Å². The zero-order valence-corrected chi connectivity index (χ0v) is 19.9. The van der Waals surface area contributed by atoms with Crippen LogP contribution in [0.3, 0.4) is 0 Å². The van der Waals surface area contributed by atoms with Crippen molar-refractivity contribution < 1.29 is 22.7 Å². The molecule has 5 atom stereocenters. The maximum atomic E-state index is 13.0. The molecule has 1 aromatic carbocycles. The molecule has 4 rings (SSSR count). The zero-order valence-electron chi connectivity index (χ0n) is 19.9. The first kappa shape index (κ1) is 24.4. The molecule has 7 heteroatoms. The first-order chi connectivity index (χ1) is 15.6. The van der Waals surface area contributed by atoms with Gasteiger partial charge in [-0.15, -0.1) is 0 Å². The number of nitrogens with one attached hydrogen (secondary N) is 1. The summed E-state index contributed by atoms with van der Waals surface area (Å²) < 4.78 is 44.6. The predicted octanol–water partition coefficient (Wildman–Crippen LogP) is 5.51. The number of ether oxygens (including phenoxy) is 1. The molecule has 0 aromatic heterocycles. The van der Waals surface area contributed by atoms with Crippen LogP contribution >= 0.6 is 0 Å². The Bertz CT molecular complexity index is 805. The molecule has 1 N–H and O–H groups in total. The third-order valence-electron chi connectivity index (χ3n) is 8.17. The molecule has 2 aliphatic carbocycles. The average Bonchev–Trinajstić information content (AvgIpc) is 2.72. The fraction of sp³-hybridized carbons (Fsp3) is 0.731. The zero-order chi connectivity index (χ0) is 23.8. The van der Waals surface area contributed by atoms with Gasteiger partial charge in [0.15, 0.2) is 0 Å². The molecule has 1 aromatic rings. The fourth-order valence-corrected chi connectivity index (χ4v) is 5.93. The van der Waals surface area contributed by atoms with E-state index in [4.69, 9.17) is 4.74 Å². The van der Waals surface area contributed by atoms with Gasteiger partial charge in [0, 0.05) is 37.0 Å². The Morgan fingerprint density at radius 1 is 1.06 bits per heavy atom. The Balaban J connectivity index is 1.28. The van der Waals surface area contributed by atoms with Crippen LogP contribution in [-0.4, -0.2) is 42.1 Å². The van der Waals surface area contributed by atoms with Gasteiger partial charge in [0.25, 0.3) is 0 Å².